The topological polar surface area (TPSA) is 55.1 Å². The van der Waals surface area contributed by atoms with E-state index in [0.29, 0.717) is 38.3 Å². The fraction of sp³-hybridized carbons (Fsp3) is 0.222. The lowest BCUT2D eigenvalue weighted by Crippen LogP contribution is -2.27. The van der Waals surface area contributed by atoms with E-state index in [4.69, 9.17) is 27.6 Å². The lowest BCUT2D eigenvalue weighted by Gasteiger charge is -2.24. The van der Waals surface area contributed by atoms with E-state index >= 15 is 0 Å². The number of fused-ring (bicyclic) bond motifs is 1. The van der Waals surface area contributed by atoms with Crippen molar-refractivity contribution in [2.45, 2.75) is 19.3 Å². The van der Waals surface area contributed by atoms with Gasteiger partial charge in [-0.2, -0.15) is 0 Å². The summed E-state index contributed by atoms with van der Waals surface area (Å²) in [6, 6.07) is 10.6. The van der Waals surface area contributed by atoms with Crippen LogP contribution in [0.1, 0.15) is 19.3 Å². The summed E-state index contributed by atoms with van der Waals surface area (Å²) < 4.78 is 5.73. The summed E-state index contributed by atoms with van der Waals surface area (Å²) >= 11 is 12.3. The summed E-state index contributed by atoms with van der Waals surface area (Å²) in [5.41, 5.74) is 2.68. The third-order valence-electron chi connectivity index (χ3n) is 4.29. The molecule has 1 aliphatic rings. The summed E-state index contributed by atoms with van der Waals surface area (Å²) in [6.07, 6.45) is 3.05. The minimum Gasteiger partial charge on any atom is -0.436 e. The quantitative estimate of drug-likeness (QED) is 0.666. The third kappa shape index (κ3) is 2.87. The van der Waals surface area contributed by atoms with Gasteiger partial charge in [-0.25, -0.2) is 4.98 Å². The number of carbonyl (C=O) groups excluding carboxylic acids is 1. The maximum absolute atomic E-state index is 12.0. The standard InChI is InChI=1S/C18H14Cl2N2O2/c19-11-4-7-16-15(8-11)22-18(24-16)13-6-5-12(9-14(13)20)21-17(23)10-2-1-3-10/h4-10H,1-3H2,(H,21,23). The second-order valence-corrected chi connectivity index (χ2v) is 6.79. The molecule has 4 nitrogen and oxygen atoms in total. The predicted molar refractivity (Wildman–Crippen MR) is 95.4 cm³/mol. The summed E-state index contributed by atoms with van der Waals surface area (Å²) in [7, 11) is 0. The van der Waals surface area contributed by atoms with Crippen molar-refractivity contribution in [3.8, 4) is 11.5 Å². The first kappa shape index (κ1) is 15.5. The molecule has 2 aromatic carbocycles. The van der Waals surface area contributed by atoms with Gasteiger partial charge in [-0.3, -0.25) is 4.79 Å². The molecule has 0 radical (unpaired) electrons. The number of aromatic nitrogens is 1. The van der Waals surface area contributed by atoms with Gasteiger partial charge in [0, 0.05) is 16.6 Å². The Hall–Kier alpha value is -2.04. The third-order valence-corrected chi connectivity index (χ3v) is 4.84. The van der Waals surface area contributed by atoms with Crippen molar-refractivity contribution in [3.63, 3.8) is 0 Å². The number of oxazole rings is 1. The highest BCUT2D eigenvalue weighted by molar-refractivity contribution is 6.33. The number of halogens is 2. The van der Waals surface area contributed by atoms with E-state index in [0.717, 1.165) is 19.3 Å². The molecule has 24 heavy (non-hydrogen) atoms. The summed E-state index contributed by atoms with van der Waals surface area (Å²) in [5, 5.41) is 3.98. The number of nitrogens with one attached hydrogen (secondary N) is 1. The lowest BCUT2D eigenvalue weighted by molar-refractivity contribution is -0.122. The molecule has 1 amide bonds. The highest BCUT2D eigenvalue weighted by Crippen LogP contribution is 2.33. The van der Waals surface area contributed by atoms with Crippen molar-refractivity contribution >= 4 is 45.9 Å². The fourth-order valence-corrected chi connectivity index (χ4v) is 3.12. The van der Waals surface area contributed by atoms with Gasteiger partial charge in [0.2, 0.25) is 11.8 Å². The molecule has 1 aliphatic carbocycles. The van der Waals surface area contributed by atoms with Crippen LogP contribution in [0.2, 0.25) is 10.0 Å². The average Bonchev–Trinajstić information content (AvgIpc) is 2.88. The molecule has 0 bridgehead atoms. The van der Waals surface area contributed by atoms with Crippen LogP contribution in [0.5, 0.6) is 0 Å². The number of nitrogens with zero attached hydrogens (tertiary/aromatic N) is 1. The molecule has 0 atom stereocenters. The van der Waals surface area contributed by atoms with Crippen LogP contribution in [-0.2, 0) is 4.79 Å². The van der Waals surface area contributed by atoms with E-state index in [1.54, 1.807) is 36.4 Å². The van der Waals surface area contributed by atoms with Crippen LogP contribution in [0.3, 0.4) is 0 Å². The van der Waals surface area contributed by atoms with Crippen molar-refractivity contribution in [2.75, 3.05) is 5.32 Å². The monoisotopic (exact) mass is 360 g/mol. The second kappa shape index (κ2) is 6.11. The van der Waals surface area contributed by atoms with Gasteiger partial charge in [-0.1, -0.05) is 29.6 Å². The lowest BCUT2D eigenvalue weighted by atomic mass is 9.85. The SMILES string of the molecule is O=C(Nc1ccc(-c2nc3cc(Cl)ccc3o2)c(Cl)c1)C1CCC1. The predicted octanol–water partition coefficient (Wildman–Crippen LogP) is 5.54. The molecule has 4 rings (SSSR count). The Morgan fingerprint density at radius 1 is 1.17 bits per heavy atom. The van der Waals surface area contributed by atoms with E-state index in [2.05, 4.69) is 10.3 Å². The Bertz CT molecular complexity index is 932. The number of carbonyl (C=O) groups is 1. The first-order chi connectivity index (χ1) is 11.6. The maximum atomic E-state index is 12.0. The Labute approximate surface area is 148 Å². The maximum Gasteiger partial charge on any atom is 0.228 e. The van der Waals surface area contributed by atoms with Gasteiger partial charge >= 0.3 is 0 Å². The van der Waals surface area contributed by atoms with Gasteiger partial charge in [0.15, 0.2) is 5.58 Å². The zero-order chi connectivity index (χ0) is 16.7. The molecule has 0 unspecified atom stereocenters. The Kier molecular flexibility index (Phi) is 3.94. The zero-order valence-corrected chi connectivity index (χ0v) is 14.2. The van der Waals surface area contributed by atoms with E-state index < -0.39 is 0 Å². The van der Waals surface area contributed by atoms with Crippen LogP contribution in [0.15, 0.2) is 40.8 Å². The number of hydrogen-bond acceptors (Lipinski definition) is 3. The first-order valence-electron chi connectivity index (χ1n) is 7.77. The van der Waals surface area contributed by atoms with Crippen LogP contribution in [0.25, 0.3) is 22.6 Å². The minimum atomic E-state index is 0.0570. The molecule has 1 heterocycles. The van der Waals surface area contributed by atoms with Gasteiger partial charge < -0.3 is 9.73 Å². The highest BCUT2D eigenvalue weighted by atomic mass is 35.5. The molecule has 6 heteroatoms. The van der Waals surface area contributed by atoms with Crippen molar-refractivity contribution in [1.82, 2.24) is 4.98 Å². The first-order valence-corrected chi connectivity index (χ1v) is 8.52. The highest BCUT2D eigenvalue weighted by Gasteiger charge is 2.25. The Morgan fingerprint density at radius 2 is 2.00 bits per heavy atom. The number of hydrogen-bond donors (Lipinski definition) is 1. The van der Waals surface area contributed by atoms with Gasteiger partial charge in [0.25, 0.3) is 0 Å². The van der Waals surface area contributed by atoms with E-state index in [1.807, 2.05) is 0 Å². The summed E-state index contributed by atoms with van der Waals surface area (Å²) in [4.78, 5) is 16.4. The Morgan fingerprint density at radius 3 is 2.71 bits per heavy atom. The molecule has 3 aromatic rings. The smallest absolute Gasteiger partial charge is 0.228 e. The summed E-state index contributed by atoms with van der Waals surface area (Å²) in [5.74, 6) is 0.612. The number of amides is 1. The van der Waals surface area contributed by atoms with Crippen LogP contribution < -0.4 is 5.32 Å². The van der Waals surface area contributed by atoms with Crippen molar-refractivity contribution in [3.05, 3.63) is 46.4 Å². The normalized spacial score (nSPS) is 14.6. The van der Waals surface area contributed by atoms with Crippen LogP contribution >= 0.6 is 23.2 Å². The van der Waals surface area contributed by atoms with Crippen LogP contribution in [0.4, 0.5) is 5.69 Å². The van der Waals surface area contributed by atoms with E-state index in [9.17, 15) is 4.79 Å². The average molecular weight is 361 g/mol. The molecular weight excluding hydrogens is 347 g/mol. The number of rotatable bonds is 3. The molecular formula is C18H14Cl2N2O2. The molecule has 1 aromatic heterocycles. The number of benzene rings is 2. The second-order valence-electron chi connectivity index (χ2n) is 5.94. The molecule has 0 saturated heterocycles. The molecule has 0 aliphatic heterocycles. The van der Waals surface area contributed by atoms with E-state index in [1.165, 1.54) is 0 Å². The minimum absolute atomic E-state index is 0.0570. The van der Waals surface area contributed by atoms with Crippen molar-refractivity contribution < 1.29 is 9.21 Å². The van der Waals surface area contributed by atoms with Crippen molar-refractivity contribution in [2.24, 2.45) is 5.92 Å². The zero-order valence-electron chi connectivity index (χ0n) is 12.7. The van der Waals surface area contributed by atoms with Crippen molar-refractivity contribution in [1.29, 1.82) is 0 Å². The summed E-state index contributed by atoms with van der Waals surface area (Å²) in [6.45, 7) is 0. The largest absolute Gasteiger partial charge is 0.436 e. The fourth-order valence-electron chi connectivity index (χ4n) is 2.70. The molecule has 1 fully saturated rings. The van der Waals surface area contributed by atoms with Gasteiger partial charge in [-0.15, -0.1) is 0 Å². The molecule has 122 valence electrons. The van der Waals surface area contributed by atoms with Gasteiger partial charge in [-0.05, 0) is 49.2 Å². The Balaban J connectivity index is 1.61. The van der Waals surface area contributed by atoms with Gasteiger partial charge in [0.05, 0.1) is 10.6 Å². The molecule has 1 N–H and O–H groups in total. The molecule has 1 saturated carbocycles. The number of anilines is 1. The van der Waals surface area contributed by atoms with E-state index in [-0.39, 0.29) is 11.8 Å². The van der Waals surface area contributed by atoms with Crippen LogP contribution in [-0.4, -0.2) is 10.9 Å². The van der Waals surface area contributed by atoms with Crippen LogP contribution in [0, 0.1) is 5.92 Å². The molecule has 0 spiro atoms. The van der Waals surface area contributed by atoms with Gasteiger partial charge in [0.1, 0.15) is 5.52 Å².